The average Bonchev–Trinajstić information content (AvgIpc) is 3.55. The van der Waals surface area contributed by atoms with E-state index in [1.54, 1.807) is 36.7 Å². The molecule has 10 nitrogen and oxygen atoms in total. The molecule has 1 amide bonds. The maximum atomic E-state index is 11.6. The molecule has 1 unspecified atom stereocenters. The fourth-order valence-electron chi connectivity index (χ4n) is 3.45. The quantitative estimate of drug-likeness (QED) is 0.381. The van der Waals surface area contributed by atoms with Crippen LogP contribution in [0.15, 0.2) is 61.6 Å². The van der Waals surface area contributed by atoms with Crippen LogP contribution in [0.3, 0.4) is 0 Å². The Morgan fingerprint density at radius 2 is 2.25 bits per heavy atom. The summed E-state index contributed by atoms with van der Waals surface area (Å²) in [6.07, 6.45) is 7.56. The van der Waals surface area contributed by atoms with E-state index in [9.17, 15) is 4.79 Å². The number of aromatic amines is 1. The molecule has 0 saturated carbocycles. The van der Waals surface area contributed by atoms with Gasteiger partial charge in [-0.2, -0.15) is 15.1 Å². The first-order chi connectivity index (χ1) is 15.7. The molecule has 32 heavy (non-hydrogen) atoms. The predicted molar refractivity (Wildman–Crippen MR) is 119 cm³/mol. The Morgan fingerprint density at radius 3 is 3.09 bits per heavy atom. The number of hydrogen-bond acceptors (Lipinski definition) is 7. The summed E-state index contributed by atoms with van der Waals surface area (Å²) in [6, 6.07) is 9.12. The molecule has 0 bridgehead atoms. The highest BCUT2D eigenvalue weighted by Crippen LogP contribution is 2.30. The monoisotopic (exact) mass is 431 g/mol. The Hall–Kier alpha value is -4.18. The lowest BCUT2D eigenvalue weighted by Gasteiger charge is -2.10. The van der Waals surface area contributed by atoms with E-state index in [0.717, 1.165) is 24.1 Å². The summed E-state index contributed by atoms with van der Waals surface area (Å²) in [5, 5.41) is 11.0. The van der Waals surface area contributed by atoms with E-state index < -0.39 is 0 Å². The molecule has 3 aromatic heterocycles. The van der Waals surface area contributed by atoms with Gasteiger partial charge in [0.15, 0.2) is 0 Å². The van der Waals surface area contributed by atoms with Crippen LogP contribution in [0.4, 0.5) is 17.3 Å². The molecule has 1 aliphatic heterocycles. The number of H-pyrrole nitrogens is 1. The van der Waals surface area contributed by atoms with Crippen LogP contribution in [-0.2, 0) is 9.53 Å². The number of carbonyl (C=O) groups excluding carboxylic acids is 1. The van der Waals surface area contributed by atoms with Gasteiger partial charge in [-0.25, -0.2) is 0 Å². The van der Waals surface area contributed by atoms with Crippen LogP contribution in [0, 0.1) is 0 Å². The van der Waals surface area contributed by atoms with Crippen molar-refractivity contribution in [3.05, 3.63) is 61.6 Å². The topological polar surface area (TPSA) is 119 Å². The van der Waals surface area contributed by atoms with Crippen molar-refractivity contribution in [3.63, 3.8) is 0 Å². The molecule has 10 heteroatoms. The second-order valence-electron chi connectivity index (χ2n) is 7.27. The van der Waals surface area contributed by atoms with Gasteiger partial charge in [0.25, 0.3) is 0 Å². The first-order valence-corrected chi connectivity index (χ1v) is 10.1. The van der Waals surface area contributed by atoms with Crippen LogP contribution in [0.1, 0.15) is 12.5 Å². The van der Waals surface area contributed by atoms with Gasteiger partial charge < -0.3 is 25.1 Å². The van der Waals surface area contributed by atoms with Gasteiger partial charge in [0.1, 0.15) is 11.4 Å². The number of rotatable bonds is 7. The van der Waals surface area contributed by atoms with Crippen LogP contribution in [-0.4, -0.2) is 43.9 Å². The minimum atomic E-state index is -0.298. The maximum Gasteiger partial charge on any atom is 0.247 e. The zero-order valence-corrected chi connectivity index (χ0v) is 17.1. The summed E-state index contributed by atoms with van der Waals surface area (Å²) in [6.45, 7) is 4.87. The van der Waals surface area contributed by atoms with Gasteiger partial charge in [-0.1, -0.05) is 12.6 Å². The van der Waals surface area contributed by atoms with Crippen LogP contribution >= 0.6 is 0 Å². The highest BCUT2D eigenvalue weighted by Gasteiger charge is 2.19. The lowest BCUT2D eigenvalue weighted by atomic mass is 10.3. The van der Waals surface area contributed by atoms with Gasteiger partial charge in [-0.15, -0.1) is 0 Å². The standard InChI is InChI=1S/C22H21N7O3/c1-2-19(30)25-14-4-3-5-17(10-14)32-21-18-6-8-23-20(18)27-22(28-21)26-15-11-24-29(12-15)16-7-9-31-13-16/h2-6,8,10-12,16H,1,7,9,13H2,(H,25,30)(H2,23,26,27,28). The van der Waals surface area contributed by atoms with E-state index in [4.69, 9.17) is 9.47 Å². The molecular weight excluding hydrogens is 410 g/mol. The van der Waals surface area contributed by atoms with Gasteiger partial charge in [0.2, 0.25) is 17.7 Å². The number of nitrogens with one attached hydrogen (secondary N) is 3. The smallest absolute Gasteiger partial charge is 0.247 e. The van der Waals surface area contributed by atoms with Crippen molar-refractivity contribution in [1.82, 2.24) is 24.7 Å². The fraction of sp³-hybridized carbons (Fsp3) is 0.182. The maximum absolute atomic E-state index is 11.6. The Balaban J connectivity index is 1.39. The number of amides is 1. The average molecular weight is 431 g/mol. The summed E-state index contributed by atoms with van der Waals surface area (Å²) in [5.41, 5.74) is 1.99. The zero-order chi connectivity index (χ0) is 21.9. The number of aromatic nitrogens is 5. The lowest BCUT2D eigenvalue weighted by molar-refractivity contribution is -0.111. The number of nitrogens with zero attached hydrogens (tertiary/aromatic N) is 4. The molecule has 1 atom stereocenters. The van der Waals surface area contributed by atoms with Crippen molar-refractivity contribution in [2.75, 3.05) is 23.8 Å². The Labute approximate surface area is 183 Å². The third kappa shape index (κ3) is 4.16. The van der Waals surface area contributed by atoms with E-state index in [1.165, 1.54) is 6.08 Å². The molecule has 1 aliphatic rings. The van der Waals surface area contributed by atoms with Crippen LogP contribution in [0.5, 0.6) is 11.6 Å². The highest BCUT2D eigenvalue weighted by atomic mass is 16.5. The first-order valence-electron chi connectivity index (χ1n) is 10.1. The number of ether oxygens (including phenoxy) is 2. The minimum Gasteiger partial charge on any atom is -0.438 e. The van der Waals surface area contributed by atoms with Crippen molar-refractivity contribution in [2.24, 2.45) is 0 Å². The SMILES string of the molecule is C=CC(=O)Nc1cccc(Oc2nc(Nc3cnn(C4CCOC4)c3)nc3[nH]ccc23)c1. The number of fused-ring (bicyclic) bond motifs is 1. The second-order valence-corrected chi connectivity index (χ2v) is 7.27. The normalized spacial score (nSPS) is 15.6. The third-order valence-electron chi connectivity index (χ3n) is 5.02. The third-order valence-corrected chi connectivity index (χ3v) is 5.02. The number of carbonyl (C=O) groups is 1. The fourth-order valence-corrected chi connectivity index (χ4v) is 3.45. The highest BCUT2D eigenvalue weighted by molar-refractivity contribution is 5.99. The molecule has 5 rings (SSSR count). The van der Waals surface area contributed by atoms with Gasteiger partial charge in [0, 0.05) is 30.8 Å². The summed E-state index contributed by atoms with van der Waals surface area (Å²) in [4.78, 5) is 23.7. The molecule has 4 heterocycles. The van der Waals surface area contributed by atoms with E-state index in [2.05, 4.69) is 37.3 Å². The number of hydrogen-bond donors (Lipinski definition) is 3. The summed E-state index contributed by atoms with van der Waals surface area (Å²) in [5.74, 6) is 0.970. The summed E-state index contributed by atoms with van der Waals surface area (Å²) in [7, 11) is 0. The van der Waals surface area contributed by atoms with Crippen molar-refractivity contribution in [2.45, 2.75) is 12.5 Å². The van der Waals surface area contributed by atoms with E-state index in [1.807, 2.05) is 16.9 Å². The largest absolute Gasteiger partial charge is 0.438 e. The van der Waals surface area contributed by atoms with E-state index in [-0.39, 0.29) is 11.9 Å². The molecule has 162 valence electrons. The molecule has 3 N–H and O–H groups in total. The van der Waals surface area contributed by atoms with Crippen molar-refractivity contribution in [3.8, 4) is 11.6 Å². The molecule has 0 radical (unpaired) electrons. The zero-order valence-electron chi connectivity index (χ0n) is 17.1. The predicted octanol–water partition coefficient (Wildman–Crippen LogP) is 3.78. The van der Waals surface area contributed by atoms with E-state index in [0.29, 0.717) is 35.5 Å². The molecule has 0 spiro atoms. The van der Waals surface area contributed by atoms with Gasteiger partial charge >= 0.3 is 0 Å². The Bertz CT molecular complexity index is 1270. The van der Waals surface area contributed by atoms with Gasteiger partial charge in [0.05, 0.1) is 29.9 Å². The minimum absolute atomic E-state index is 0.241. The molecule has 1 aromatic carbocycles. The van der Waals surface area contributed by atoms with Crippen molar-refractivity contribution < 1.29 is 14.3 Å². The molecule has 0 aliphatic carbocycles. The van der Waals surface area contributed by atoms with E-state index >= 15 is 0 Å². The van der Waals surface area contributed by atoms with Gasteiger partial charge in [-0.3, -0.25) is 9.48 Å². The van der Waals surface area contributed by atoms with Crippen LogP contribution < -0.4 is 15.4 Å². The summed E-state index contributed by atoms with van der Waals surface area (Å²) < 4.78 is 13.4. The molecule has 1 saturated heterocycles. The Morgan fingerprint density at radius 1 is 1.31 bits per heavy atom. The summed E-state index contributed by atoms with van der Waals surface area (Å²) >= 11 is 0. The molecular formula is C22H21N7O3. The molecule has 4 aromatic rings. The number of benzene rings is 1. The Kier molecular flexibility index (Phi) is 5.26. The second kappa shape index (κ2) is 8.52. The van der Waals surface area contributed by atoms with Crippen LogP contribution in [0.2, 0.25) is 0 Å². The molecule has 1 fully saturated rings. The van der Waals surface area contributed by atoms with Crippen molar-refractivity contribution >= 4 is 34.3 Å². The lowest BCUT2D eigenvalue weighted by Crippen LogP contribution is -2.08. The number of anilines is 3. The van der Waals surface area contributed by atoms with Crippen molar-refractivity contribution in [1.29, 1.82) is 0 Å². The first kappa shape index (κ1) is 19.8. The van der Waals surface area contributed by atoms with Gasteiger partial charge in [-0.05, 0) is 30.7 Å². The van der Waals surface area contributed by atoms with Crippen LogP contribution in [0.25, 0.3) is 11.0 Å².